The van der Waals surface area contributed by atoms with Crippen molar-refractivity contribution in [3.8, 4) is 0 Å². The molecule has 1 radical (unpaired) electrons. The van der Waals surface area contributed by atoms with Gasteiger partial charge in [-0.15, -0.1) is 0 Å². The van der Waals surface area contributed by atoms with Crippen molar-refractivity contribution in [2.45, 2.75) is 6.42 Å². The Labute approximate surface area is 77.4 Å². The van der Waals surface area contributed by atoms with E-state index in [-0.39, 0.29) is 0 Å². The minimum atomic E-state index is 1.04. The Morgan fingerprint density at radius 3 is 2.62 bits per heavy atom. The maximum atomic E-state index is 3.27. The summed E-state index contributed by atoms with van der Waals surface area (Å²) in [6, 6.07) is 13.0. The zero-order chi connectivity index (χ0) is 8.67. The molecule has 1 heteroatoms. The Morgan fingerprint density at radius 2 is 1.77 bits per heavy atom. The number of nitrogens with one attached hydrogen (secondary N) is 1. The molecule has 13 heavy (non-hydrogen) atoms. The summed E-state index contributed by atoms with van der Waals surface area (Å²) in [6.07, 6.45) is 1.04. The van der Waals surface area contributed by atoms with Gasteiger partial charge in [-0.25, -0.2) is 0 Å². The van der Waals surface area contributed by atoms with Crippen LogP contribution in [0.5, 0.6) is 0 Å². The molecule has 0 bridgehead atoms. The molecule has 0 saturated heterocycles. The van der Waals surface area contributed by atoms with Gasteiger partial charge in [-0.1, -0.05) is 24.3 Å². The van der Waals surface area contributed by atoms with Crippen LogP contribution in [-0.2, 0) is 6.42 Å². The van der Waals surface area contributed by atoms with Crippen molar-refractivity contribution in [3.63, 3.8) is 0 Å². The SMILES string of the molecule is [CH]1Cc2cc3ccccc3cc2N1. The monoisotopic (exact) mass is 168 g/mol. The number of anilines is 1. The van der Waals surface area contributed by atoms with Crippen LogP contribution < -0.4 is 5.32 Å². The van der Waals surface area contributed by atoms with Crippen LogP contribution in [0.1, 0.15) is 5.56 Å². The van der Waals surface area contributed by atoms with Crippen LogP contribution in [0.25, 0.3) is 10.8 Å². The Bertz CT molecular complexity index is 417. The van der Waals surface area contributed by atoms with E-state index in [0.29, 0.717) is 0 Å². The maximum Gasteiger partial charge on any atom is 0.0507 e. The molecule has 63 valence electrons. The number of fused-ring (bicyclic) bond motifs is 2. The topological polar surface area (TPSA) is 12.0 Å². The molecule has 0 atom stereocenters. The third-order valence-electron chi connectivity index (χ3n) is 2.55. The molecule has 0 aliphatic carbocycles. The normalized spacial score (nSPS) is 14.2. The first-order chi connectivity index (χ1) is 6.43. The highest BCUT2D eigenvalue weighted by molar-refractivity contribution is 5.88. The lowest BCUT2D eigenvalue weighted by Gasteiger charge is -2.02. The van der Waals surface area contributed by atoms with E-state index in [1.165, 1.54) is 22.0 Å². The van der Waals surface area contributed by atoms with Gasteiger partial charge in [0.25, 0.3) is 0 Å². The second-order valence-corrected chi connectivity index (χ2v) is 3.41. The fourth-order valence-electron chi connectivity index (χ4n) is 1.86. The second kappa shape index (κ2) is 2.49. The summed E-state index contributed by atoms with van der Waals surface area (Å²) in [5.41, 5.74) is 2.66. The molecule has 1 aliphatic heterocycles. The summed E-state index contributed by atoms with van der Waals surface area (Å²) < 4.78 is 0. The fraction of sp³-hybridized carbons (Fsp3) is 0.0833. The van der Waals surface area contributed by atoms with Crippen LogP contribution in [0.3, 0.4) is 0 Å². The van der Waals surface area contributed by atoms with E-state index >= 15 is 0 Å². The molecule has 0 saturated carbocycles. The van der Waals surface area contributed by atoms with E-state index in [2.05, 4.69) is 48.3 Å². The van der Waals surface area contributed by atoms with Crippen molar-refractivity contribution in [2.75, 3.05) is 5.32 Å². The highest BCUT2D eigenvalue weighted by Crippen LogP contribution is 2.28. The molecule has 0 unspecified atom stereocenters. The minimum Gasteiger partial charge on any atom is -0.380 e. The summed E-state index contributed by atoms with van der Waals surface area (Å²) in [5, 5.41) is 5.91. The molecule has 2 aromatic rings. The Morgan fingerprint density at radius 1 is 1.00 bits per heavy atom. The molecular formula is C12H10N. The standard InChI is InChI=1S/C12H10N/c1-2-4-10-8-12-11(5-6-13-12)7-9(10)3-1/h1-4,6-8,13H,5H2. The van der Waals surface area contributed by atoms with Gasteiger partial charge in [-0.3, -0.25) is 0 Å². The lowest BCUT2D eigenvalue weighted by atomic mass is 10.1. The Balaban J connectivity index is 2.36. The first-order valence-corrected chi connectivity index (χ1v) is 4.53. The molecule has 1 aliphatic rings. The molecule has 1 nitrogen and oxygen atoms in total. The predicted molar refractivity (Wildman–Crippen MR) is 55.6 cm³/mol. The van der Waals surface area contributed by atoms with Crippen molar-refractivity contribution >= 4 is 16.5 Å². The van der Waals surface area contributed by atoms with Gasteiger partial charge in [0.15, 0.2) is 0 Å². The smallest absolute Gasteiger partial charge is 0.0507 e. The Hall–Kier alpha value is -1.50. The van der Waals surface area contributed by atoms with Crippen molar-refractivity contribution in [1.29, 1.82) is 0 Å². The first kappa shape index (κ1) is 6.96. The second-order valence-electron chi connectivity index (χ2n) is 3.41. The van der Waals surface area contributed by atoms with Crippen LogP contribution in [0.15, 0.2) is 36.4 Å². The van der Waals surface area contributed by atoms with E-state index in [1.54, 1.807) is 0 Å². The largest absolute Gasteiger partial charge is 0.380 e. The van der Waals surface area contributed by atoms with Crippen LogP contribution in [-0.4, -0.2) is 0 Å². The summed E-state index contributed by atoms with van der Waals surface area (Å²) in [4.78, 5) is 0. The third-order valence-corrected chi connectivity index (χ3v) is 2.55. The molecule has 2 aromatic carbocycles. The number of hydrogen-bond acceptors (Lipinski definition) is 1. The van der Waals surface area contributed by atoms with Gasteiger partial charge in [-0.2, -0.15) is 0 Å². The van der Waals surface area contributed by atoms with Crippen LogP contribution in [0, 0.1) is 6.54 Å². The van der Waals surface area contributed by atoms with Gasteiger partial charge >= 0.3 is 0 Å². The number of benzene rings is 2. The molecule has 3 rings (SSSR count). The predicted octanol–water partition coefficient (Wildman–Crippen LogP) is 2.97. The van der Waals surface area contributed by atoms with Gasteiger partial charge in [0.05, 0.1) is 6.54 Å². The summed E-state index contributed by atoms with van der Waals surface area (Å²) in [7, 11) is 0. The average Bonchev–Trinajstić information content (AvgIpc) is 2.61. The molecule has 0 spiro atoms. The van der Waals surface area contributed by atoms with Gasteiger partial charge in [-0.05, 0) is 34.9 Å². The number of hydrogen-bond donors (Lipinski definition) is 1. The molecule has 1 heterocycles. The van der Waals surface area contributed by atoms with E-state index in [0.717, 1.165) is 6.42 Å². The van der Waals surface area contributed by atoms with Crippen molar-refractivity contribution in [3.05, 3.63) is 48.5 Å². The fourth-order valence-corrected chi connectivity index (χ4v) is 1.86. The van der Waals surface area contributed by atoms with E-state index in [1.807, 2.05) is 0 Å². The highest BCUT2D eigenvalue weighted by atomic mass is 14.9. The zero-order valence-corrected chi connectivity index (χ0v) is 7.25. The van der Waals surface area contributed by atoms with Crippen LogP contribution in [0.2, 0.25) is 0 Å². The quantitative estimate of drug-likeness (QED) is 0.637. The Kier molecular flexibility index (Phi) is 1.33. The van der Waals surface area contributed by atoms with E-state index in [9.17, 15) is 0 Å². The lowest BCUT2D eigenvalue weighted by molar-refractivity contribution is 1.25. The molecular weight excluding hydrogens is 158 g/mol. The van der Waals surface area contributed by atoms with E-state index < -0.39 is 0 Å². The van der Waals surface area contributed by atoms with Crippen LogP contribution in [0.4, 0.5) is 5.69 Å². The molecule has 0 amide bonds. The molecule has 0 aromatic heterocycles. The lowest BCUT2D eigenvalue weighted by Crippen LogP contribution is -1.83. The third kappa shape index (κ3) is 1.00. The summed E-state index contributed by atoms with van der Waals surface area (Å²) in [6.45, 7) is 2.10. The first-order valence-electron chi connectivity index (χ1n) is 4.53. The molecule has 0 fully saturated rings. The van der Waals surface area contributed by atoms with E-state index in [4.69, 9.17) is 0 Å². The average molecular weight is 168 g/mol. The minimum absolute atomic E-state index is 1.04. The number of rotatable bonds is 0. The van der Waals surface area contributed by atoms with Crippen LogP contribution >= 0.6 is 0 Å². The summed E-state index contributed by atoms with van der Waals surface area (Å²) >= 11 is 0. The van der Waals surface area contributed by atoms with Gasteiger partial charge in [0.1, 0.15) is 0 Å². The maximum absolute atomic E-state index is 3.27. The van der Waals surface area contributed by atoms with Gasteiger partial charge in [0, 0.05) is 5.69 Å². The zero-order valence-electron chi connectivity index (χ0n) is 7.25. The van der Waals surface area contributed by atoms with Gasteiger partial charge in [0.2, 0.25) is 0 Å². The highest BCUT2D eigenvalue weighted by Gasteiger charge is 2.10. The van der Waals surface area contributed by atoms with Gasteiger partial charge < -0.3 is 5.32 Å². The summed E-state index contributed by atoms with van der Waals surface area (Å²) in [5.74, 6) is 0. The van der Waals surface area contributed by atoms with Crippen molar-refractivity contribution in [1.82, 2.24) is 0 Å². The van der Waals surface area contributed by atoms with Crippen molar-refractivity contribution < 1.29 is 0 Å². The van der Waals surface area contributed by atoms with Crippen molar-refractivity contribution in [2.24, 2.45) is 0 Å². The molecule has 1 N–H and O–H groups in total.